The van der Waals surface area contributed by atoms with Crippen molar-refractivity contribution in [2.45, 2.75) is 19.3 Å². The molecule has 1 aliphatic rings. The van der Waals surface area contributed by atoms with Gasteiger partial charge in [0.05, 0.1) is 22.1 Å². The summed E-state index contributed by atoms with van der Waals surface area (Å²) < 4.78 is 4.91. The minimum atomic E-state index is -0.0648. The topological polar surface area (TPSA) is 9.86 Å². The van der Waals surface area contributed by atoms with E-state index in [9.17, 15) is 0 Å². The van der Waals surface area contributed by atoms with Crippen LogP contribution >= 0.6 is 0 Å². The molecule has 2 heteroatoms. The second-order valence-electron chi connectivity index (χ2n) is 14.6. The number of hydrogen-bond acceptors (Lipinski definition) is 0. The highest BCUT2D eigenvalue weighted by atomic mass is 15.0. The van der Waals surface area contributed by atoms with Crippen molar-refractivity contribution in [3.05, 3.63) is 181 Å². The summed E-state index contributed by atoms with van der Waals surface area (Å²) in [4.78, 5) is 0. The Morgan fingerprint density at radius 1 is 0.392 bits per heavy atom. The van der Waals surface area contributed by atoms with E-state index in [1.165, 1.54) is 99.1 Å². The fourth-order valence-corrected chi connectivity index (χ4v) is 9.06. The van der Waals surface area contributed by atoms with E-state index in [0.717, 1.165) is 0 Å². The maximum atomic E-state index is 2.49. The molecule has 2 nitrogen and oxygen atoms in total. The first-order valence-corrected chi connectivity index (χ1v) is 17.9. The van der Waals surface area contributed by atoms with Crippen molar-refractivity contribution >= 4 is 54.4 Å². The van der Waals surface area contributed by atoms with Gasteiger partial charge in [-0.2, -0.15) is 0 Å². The fraction of sp³-hybridized carbons (Fsp3) is 0.0612. The number of hydrogen-bond donors (Lipinski definition) is 0. The molecule has 0 atom stereocenters. The van der Waals surface area contributed by atoms with Gasteiger partial charge in [-0.3, -0.25) is 0 Å². The largest absolute Gasteiger partial charge is 0.309 e. The number of aromatic nitrogens is 2. The molecule has 1 aliphatic carbocycles. The Morgan fingerprint density at radius 3 is 1.86 bits per heavy atom. The quantitative estimate of drug-likeness (QED) is 0.180. The van der Waals surface area contributed by atoms with Crippen LogP contribution in [0.15, 0.2) is 170 Å². The van der Waals surface area contributed by atoms with Gasteiger partial charge in [0.25, 0.3) is 0 Å². The highest BCUT2D eigenvalue weighted by Crippen LogP contribution is 2.53. The van der Waals surface area contributed by atoms with Crippen molar-refractivity contribution in [2.24, 2.45) is 0 Å². The van der Waals surface area contributed by atoms with E-state index in [-0.39, 0.29) is 5.41 Å². The van der Waals surface area contributed by atoms with Gasteiger partial charge in [0.15, 0.2) is 0 Å². The summed E-state index contributed by atoms with van der Waals surface area (Å²) in [5.41, 5.74) is 15.2. The van der Waals surface area contributed by atoms with Crippen molar-refractivity contribution in [1.29, 1.82) is 0 Å². The van der Waals surface area contributed by atoms with E-state index in [1.54, 1.807) is 0 Å². The molecule has 2 aromatic heterocycles. The molecule has 0 N–H and O–H groups in total. The standard InChI is InChI=1S/C49H34N2/c1-49(2)42-18-10-8-17-39(42)47-43(49)25-24-38-41-30-34(22-27-46(41)51(48(38)47)35-14-4-3-5-15-35)33-21-26-45-40(29-33)37-16-9-11-19-44(37)50(45)36-23-20-31-12-6-7-13-32(31)28-36/h3-30H,1-2H3. The van der Waals surface area contributed by atoms with Crippen LogP contribution < -0.4 is 0 Å². The molecular weight excluding hydrogens is 617 g/mol. The van der Waals surface area contributed by atoms with Gasteiger partial charge in [0.1, 0.15) is 0 Å². The molecule has 0 saturated heterocycles. The van der Waals surface area contributed by atoms with E-state index in [1.807, 2.05) is 0 Å². The average molecular weight is 651 g/mol. The van der Waals surface area contributed by atoms with Crippen molar-refractivity contribution in [1.82, 2.24) is 9.13 Å². The summed E-state index contributed by atoms with van der Waals surface area (Å²) in [5.74, 6) is 0. The van der Waals surface area contributed by atoms with Gasteiger partial charge in [-0.1, -0.05) is 129 Å². The summed E-state index contributed by atoms with van der Waals surface area (Å²) >= 11 is 0. The van der Waals surface area contributed by atoms with Crippen LogP contribution in [0.3, 0.4) is 0 Å². The molecule has 240 valence electrons. The minimum Gasteiger partial charge on any atom is -0.309 e. The SMILES string of the molecule is CC1(C)c2ccccc2-c2c1ccc1c3cc(-c4ccc5c(c4)c4ccccc4n5-c4ccc5ccccc5c4)ccc3n(-c3ccccc3)c21. The summed E-state index contributed by atoms with van der Waals surface area (Å²) in [5, 5.41) is 7.59. The Morgan fingerprint density at radius 2 is 1.04 bits per heavy atom. The molecule has 0 saturated carbocycles. The van der Waals surface area contributed by atoms with E-state index in [4.69, 9.17) is 0 Å². The number of rotatable bonds is 3. The normalized spacial score (nSPS) is 13.5. The second kappa shape index (κ2) is 10.3. The third-order valence-electron chi connectivity index (χ3n) is 11.5. The molecule has 51 heavy (non-hydrogen) atoms. The van der Waals surface area contributed by atoms with Crippen molar-refractivity contribution in [3.63, 3.8) is 0 Å². The number of nitrogens with zero attached hydrogens (tertiary/aromatic N) is 2. The number of fused-ring (bicyclic) bond motifs is 11. The van der Waals surface area contributed by atoms with Crippen molar-refractivity contribution in [2.75, 3.05) is 0 Å². The third kappa shape index (κ3) is 3.93. The molecule has 8 aromatic carbocycles. The monoisotopic (exact) mass is 650 g/mol. The molecule has 0 fully saturated rings. The maximum Gasteiger partial charge on any atom is 0.0622 e. The van der Waals surface area contributed by atoms with E-state index in [0.29, 0.717) is 0 Å². The number of para-hydroxylation sites is 2. The molecule has 10 aromatic rings. The molecule has 0 spiro atoms. The van der Waals surface area contributed by atoms with Crippen LogP contribution in [0, 0.1) is 0 Å². The second-order valence-corrected chi connectivity index (χ2v) is 14.6. The molecule has 2 heterocycles. The van der Waals surface area contributed by atoms with Crippen LogP contribution in [-0.4, -0.2) is 9.13 Å². The van der Waals surface area contributed by atoms with Crippen LogP contribution in [0.2, 0.25) is 0 Å². The maximum absolute atomic E-state index is 2.49. The van der Waals surface area contributed by atoms with Crippen LogP contribution in [0.1, 0.15) is 25.0 Å². The molecule has 0 radical (unpaired) electrons. The number of benzene rings is 8. The van der Waals surface area contributed by atoms with E-state index >= 15 is 0 Å². The minimum absolute atomic E-state index is 0.0648. The van der Waals surface area contributed by atoms with Crippen LogP contribution in [0.5, 0.6) is 0 Å². The molecular formula is C49H34N2. The van der Waals surface area contributed by atoms with Gasteiger partial charge in [0.2, 0.25) is 0 Å². The Hall–Kier alpha value is -6.38. The van der Waals surface area contributed by atoms with Gasteiger partial charge < -0.3 is 9.13 Å². The zero-order chi connectivity index (χ0) is 33.8. The van der Waals surface area contributed by atoms with Gasteiger partial charge >= 0.3 is 0 Å². The van der Waals surface area contributed by atoms with Gasteiger partial charge in [0, 0.05) is 43.9 Å². The molecule has 11 rings (SSSR count). The lowest BCUT2D eigenvalue weighted by molar-refractivity contribution is 0.661. The zero-order valence-electron chi connectivity index (χ0n) is 28.6. The third-order valence-corrected chi connectivity index (χ3v) is 11.5. The van der Waals surface area contributed by atoms with E-state index < -0.39 is 0 Å². The van der Waals surface area contributed by atoms with Crippen LogP contribution in [0.4, 0.5) is 0 Å². The van der Waals surface area contributed by atoms with Crippen molar-refractivity contribution < 1.29 is 0 Å². The highest BCUT2D eigenvalue weighted by Gasteiger charge is 2.37. The van der Waals surface area contributed by atoms with Crippen molar-refractivity contribution in [3.8, 4) is 33.6 Å². The Bertz CT molecular complexity index is 3040. The van der Waals surface area contributed by atoms with Crippen LogP contribution in [0.25, 0.3) is 88.0 Å². The summed E-state index contributed by atoms with van der Waals surface area (Å²) in [7, 11) is 0. The predicted octanol–water partition coefficient (Wildman–Crippen LogP) is 13.0. The fourth-order valence-electron chi connectivity index (χ4n) is 9.06. The Balaban J connectivity index is 1.15. The highest BCUT2D eigenvalue weighted by molar-refractivity contribution is 6.17. The molecule has 0 unspecified atom stereocenters. The van der Waals surface area contributed by atoms with E-state index in [2.05, 4.69) is 193 Å². The van der Waals surface area contributed by atoms with Crippen LogP contribution in [-0.2, 0) is 5.41 Å². The van der Waals surface area contributed by atoms with Gasteiger partial charge in [-0.05, 0) is 93.2 Å². The van der Waals surface area contributed by atoms with Gasteiger partial charge in [-0.25, -0.2) is 0 Å². The summed E-state index contributed by atoms with van der Waals surface area (Å²) in [6.45, 7) is 4.73. The smallest absolute Gasteiger partial charge is 0.0622 e. The van der Waals surface area contributed by atoms with Gasteiger partial charge in [-0.15, -0.1) is 0 Å². The predicted molar refractivity (Wildman–Crippen MR) is 216 cm³/mol. The molecule has 0 aliphatic heterocycles. The molecule has 0 bridgehead atoms. The lowest BCUT2D eigenvalue weighted by Crippen LogP contribution is -2.14. The lowest BCUT2D eigenvalue weighted by atomic mass is 9.82. The first-order valence-electron chi connectivity index (χ1n) is 17.9. The summed E-state index contributed by atoms with van der Waals surface area (Å²) in [6, 6.07) is 62.8. The average Bonchev–Trinajstić information content (AvgIpc) is 3.77. The molecule has 0 amide bonds. The first kappa shape index (κ1) is 28.5. The zero-order valence-corrected chi connectivity index (χ0v) is 28.6. The summed E-state index contributed by atoms with van der Waals surface area (Å²) in [6.07, 6.45) is 0. The first-order chi connectivity index (χ1) is 25.1. The lowest BCUT2D eigenvalue weighted by Gasteiger charge is -2.21. The Kier molecular flexibility index (Phi) is 5.76. The Labute approximate surface area is 296 Å².